The van der Waals surface area contributed by atoms with Gasteiger partial charge in [0.1, 0.15) is 17.4 Å². The Bertz CT molecular complexity index is 835. The first kappa shape index (κ1) is 17.0. The molecule has 1 amide bonds. The van der Waals surface area contributed by atoms with Gasteiger partial charge in [-0.3, -0.25) is 4.79 Å². The first-order valence-corrected chi connectivity index (χ1v) is 7.97. The van der Waals surface area contributed by atoms with Gasteiger partial charge >= 0.3 is 0 Å². The number of nitrogens with one attached hydrogen (secondary N) is 1. The SMILES string of the molecule is Cc1ccc(C)c(NC(=O)/C(C#N)=C/c2ccc(O)c(I)c2)c1. The van der Waals surface area contributed by atoms with Crippen LogP contribution in [0.1, 0.15) is 16.7 Å². The molecule has 0 atom stereocenters. The van der Waals surface area contributed by atoms with E-state index in [1.807, 2.05) is 60.7 Å². The number of carbonyl (C=O) groups excluding carboxylic acids is 1. The van der Waals surface area contributed by atoms with Crippen LogP contribution in [-0.2, 0) is 4.79 Å². The molecule has 0 aliphatic rings. The molecule has 116 valence electrons. The second kappa shape index (κ2) is 7.29. The lowest BCUT2D eigenvalue weighted by Gasteiger charge is -2.09. The molecule has 0 fully saturated rings. The summed E-state index contributed by atoms with van der Waals surface area (Å²) in [7, 11) is 0. The molecule has 0 saturated heterocycles. The molecular formula is C18H15IN2O2. The van der Waals surface area contributed by atoms with Gasteiger partial charge in [0, 0.05) is 5.69 Å². The predicted octanol–water partition coefficient (Wildman–Crippen LogP) is 4.16. The van der Waals surface area contributed by atoms with Gasteiger partial charge in [-0.05, 0) is 77.4 Å². The number of hydrogen-bond acceptors (Lipinski definition) is 3. The highest BCUT2D eigenvalue weighted by atomic mass is 127. The van der Waals surface area contributed by atoms with Gasteiger partial charge in [0.2, 0.25) is 0 Å². The molecule has 2 aromatic rings. The van der Waals surface area contributed by atoms with Gasteiger partial charge in [-0.25, -0.2) is 0 Å². The summed E-state index contributed by atoms with van der Waals surface area (Å²) < 4.78 is 0.656. The molecule has 4 nitrogen and oxygen atoms in total. The number of anilines is 1. The number of nitriles is 1. The van der Waals surface area contributed by atoms with Gasteiger partial charge in [0.25, 0.3) is 5.91 Å². The second-order valence-corrected chi connectivity index (χ2v) is 6.32. The number of aromatic hydroxyl groups is 1. The zero-order valence-corrected chi connectivity index (χ0v) is 14.9. The van der Waals surface area contributed by atoms with Gasteiger partial charge in [0.05, 0.1) is 3.57 Å². The number of aryl methyl sites for hydroxylation is 2. The fourth-order valence-corrected chi connectivity index (χ4v) is 2.53. The van der Waals surface area contributed by atoms with E-state index in [2.05, 4.69) is 5.32 Å². The minimum atomic E-state index is -0.454. The van der Waals surface area contributed by atoms with Gasteiger partial charge in [-0.2, -0.15) is 5.26 Å². The molecule has 0 bridgehead atoms. The lowest BCUT2D eigenvalue weighted by Crippen LogP contribution is -2.14. The van der Waals surface area contributed by atoms with Crippen molar-refractivity contribution in [2.75, 3.05) is 5.32 Å². The summed E-state index contributed by atoms with van der Waals surface area (Å²) in [6.45, 7) is 3.83. The van der Waals surface area contributed by atoms with E-state index in [4.69, 9.17) is 0 Å². The second-order valence-electron chi connectivity index (χ2n) is 5.15. The van der Waals surface area contributed by atoms with Crippen molar-refractivity contribution in [1.29, 1.82) is 5.26 Å². The van der Waals surface area contributed by atoms with E-state index >= 15 is 0 Å². The molecule has 0 heterocycles. The van der Waals surface area contributed by atoms with Gasteiger partial charge < -0.3 is 10.4 Å². The minimum absolute atomic E-state index is 0.00685. The van der Waals surface area contributed by atoms with Crippen molar-refractivity contribution in [1.82, 2.24) is 0 Å². The van der Waals surface area contributed by atoms with Crippen LogP contribution >= 0.6 is 22.6 Å². The Morgan fingerprint density at radius 2 is 2.00 bits per heavy atom. The quantitative estimate of drug-likeness (QED) is 0.447. The zero-order valence-electron chi connectivity index (χ0n) is 12.7. The summed E-state index contributed by atoms with van der Waals surface area (Å²) >= 11 is 1.99. The zero-order chi connectivity index (χ0) is 17.0. The van der Waals surface area contributed by atoms with Crippen LogP contribution < -0.4 is 5.32 Å². The third-order valence-corrected chi connectivity index (χ3v) is 4.15. The number of phenols is 1. The fourth-order valence-electron chi connectivity index (χ4n) is 1.99. The molecule has 0 unspecified atom stereocenters. The Balaban J connectivity index is 2.28. The Kier molecular flexibility index (Phi) is 5.40. The van der Waals surface area contributed by atoms with Gasteiger partial charge in [-0.1, -0.05) is 18.2 Å². The standard InChI is InChI=1S/C18H15IN2O2/c1-11-3-4-12(2)16(7-11)21-18(23)14(10-20)8-13-5-6-17(22)15(19)9-13/h3-9,22H,1-2H3,(H,21,23)/b14-8+. The van der Waals surface area contributed by atoms with E-state index < -0.39 is 5.91 Å². The number of halogens is 1. The molecule has 23 heavy (non-hydrogen) atoms. The van der Waals surface area contributed by atoms with Crippen LogP contribution in [0.2, 0.25) is 0 Å². The Hall–Kier alpha value is -2.33. The topological polar surface area (TPSA) is 73.1 Å². The highest BCUT2D eigenvalue weighted by molar-refractivity contribution is 14.1. The number of amides is 1. The van der Waals surface area contributed by atoms with Crippen LogP contribution in [0.25, 0.3) is 6.08 Å². The molecule has 2 N–H and O–H groups in total. The van der Waals surface area contributed by atoms with Crippen molar-refractivity contribution in [2.45, 2.75) is 13.8 Å². The average molecular weight is 418 g/mol. The van der Waals surface area contributed by atoms with Gasteiger partial charge in [0.15, 0.2) is 0 Å². The van der Waals surface area contributed by atoms with Crippen molar-refractivity contribution in [3.63, 3.8) is 0 Å². The molecule has 0 aromatic heterocycles. The number of nitrogens with zero attached hydrogens (tertiary/aromatic N) is 1. The normalized spacial score (nSPS) is 11.0. The van der Waals surface area contributed by atoms with Crippen molar-refractivity contribution in [3.05, 3.63) is 62.2 Å². The number of benzene rings is 2. The van der Waals surface area contributed by atoms with E-state index in [0.29, 0.717) is 14.8 Å². The Morgan fingerprint density at radius 1 is 1.26 bits per heavy atom. The van der Waals surface area contributed by atoms with Crippen LogP contribution in [0.5, 0.6) is 5.75 Å². The lowest BCUT2D eigenvalue weighted by molar-refractivity contribution is -0.112. The molecule has 2 aromatic carbocycles. The molecular weight excluding hydrogens is 403 g/mol. The van der Waals surface area contributed by atoms with Crippen LogP contribution in [0, 0.1) is 28.7 Å². The summed E-state index contributed by atoms with van der Waals surface area (Å²) in [4.78, 5) is 12.3. The highest BCUT2D eigenvalue weighted by Crippen LogP contribution is 2.22. The summed E-state index contributed by atoms with van der Waals surface area (Å²) in [6.07, 6.45) is 1.50. The predicted molar refractivity (Wildman–Crippen MR) is 99.0 cm³/mol. The maximum Gasteiger partial charge on any atom is 0.266 e. The fraction of sp³-hybridized carbons (Fsp3) is 0.111. The molecule has 0 saturated carbocycles. The number of hydrogen-bond donors (Lipinski definition) is 2. The summed E-state index contributed by atoms with van der Waals surface area (Å²) in [5.41, 5.74) is 3.34. The highest BCUT2D eigenvalue weighted by Gasteiger charge is 2.11. The minimum Gasteiger partial charge on any atom is -0.507 e. The van der Waals surface area contributed by atoms with Crippen LogP contribution in [0.3, 0.4) is 0 Å². The third kappa shape index (κ3) is 4.33. The maximum atomic E-state index is 12.3. The first-order chi connectivity index (χ1) is 10.9. The number of rotatable bonds is 3. The molecule has 0 radical (unpaired) electrons. The summed E-state index contributed by atoms with van der Waals surface area (Å²) in [6, 6.07) is 12.6. The van der Waals surface area contributed by atoms with Crippen LogP contribution in [0.4, 0.5) is 5.69 Å². The van der Waals surface area contributed by atoms with Crippen molar-refractivity contribution in [3.8, 4) is 11.8 Å². The average Bonchev–Trinajstić information content (AvgIpc) is 2.51. The van der Waals surface area contributed by atoms with E-state index in [0.717, 1.165) is 11.1 Å². The Morgan fingerprint density at radius 3 is 2.65 bits per heavy atom. The Labute approximate surface area is 148 Å². The van der Waals surface area contributed by atoms with Crippen LogP contribution in [-0.4, -0.2) is 11.0 Å². The summed E-state index contributed by atoms with van der Waals surface area (Å²) in [5.74, 6) is -0.287. The number of carbonyl (C=O) groups is 1. The molecule has 5 heteroatoms. The van der Waals surface area contributed by atoms with E-state index in [-0.39, 0.29) is 11.3 Å². The van der Waals surface area contributed by atoms with E-state index in [9.17, 15) is 15.2 Å². The lowest BCUT2D eigenvalue weighted by atomic mass is 10.1. The molecule has 0 spiro atoms. The monoisotopic (exact) mass is 418 g/mol. The van der Waals surface area contributed by atoms with E-state index in [1.165, 1.54) is 12.1 Å². The van der Waals surface area contributed by atoms with Crippen molar-refractivity contribution < 1.29 is 9.90 Å². The maximum absolute atomic E-state index is 12.3. The van der Waals surface area contributed by atoms with Gasteiger partial charge in [-0.15, -0.1) is 0 Å². The smallest absolute Gasteiger partial charge is 0.266 e. The molecule has 0 aliphatic heterocycles. The molecule has 2 rings (SSSR count). The largest absolute Gasteiger partial charge is 0.507 e. The van der Waals surface area contributed by atoms with Crippen molar-refractivity contribution in [2.24, 2.45) is 0 Å². The molecule has 0 aliphatic carbocycles. The summed E-state index contributed by atoms with van der Waals surface area (Å²) in [5, 5.41) is 21.5. The van der Waals surface area contributed by atoms with E-state index in [1.54, 1.807) is 12.1 Å². The van der Waals surface area contributed by atoms with Crippen LogP contribution in [0.15, 0.2) is 42.0 Å². The van der Waals surface area contributed by atoms with Crippen molar-refractivity contribution >= 4 is 40.3 Å². The first-order valence-electron chi connectivity index (χ1n) is 6.89. The third-order valence-electron chi connectivity index (χ3n) is 3.29. The number of phenolic OH excluding ortho intramolecular Hbond substituents is 1.